The molecule has 2 aliphatic heterocycles. The van der Waals surface area contributed by atoms with Crippen LogP contribution in [-0.2, 0) is 28.9 Å². The van der Waals surface area contributed by atoms with Crippen LogP contribution in [0, 0.1) is 13.8 Å². The maximum Gasteiger partial charge on any atom is 0.242 e. The molecule has 32 heavy (non-hydrogen) atoms. The molecule has 1 amide bonds. The van der Waals surface area contributed by atoms with E-state index in [-0.39, 0.29) is 12.0 Å². The van der Waals surface area contributed by atoms with Crippen molar-refractivity contribution in [1.29, 1.82) is 0 Å². The normalized spacial score (nSPS) is 17.7. The zero-order valence-electron chi connectivity index (χ0n) is 18.7. The molecule has 1 fully saturated rings. The lowest BCUT2D eigenvalue weighted by atomic mass is 10.0. The standard InChI is InChI=1S/C26H29N3O2S/c1-18-19(2)28(16-22-10-7-15-31-22)26(27-18)32-17-25(30)29-23-11-5-3-8-20(23)13-14-21-9-4-6-12-24(21)29/h3-6,8-9,11-12,22H,7,10,13-17H2,1-2H3. The van der Waals surface area contributed by atoms with Crippen molar-refractivity contribution < 1.29 is 9.53 Å². The molecule has 166 valence electrons. The molecule has 3 aromatic rings. The first-order valence-corrected chi connectivity index (χ1v) is 12.4. The average molecular weight is 448 g/mol. The van der Waals surface area contributed by atoms with Crippen LogP contribution in [0.5, 0.6) is 0 Å². The topological polar surface area (TPSA) is 47.4 Å². The number of nitrogens with zero attached hydrogens (tertiary/aromatic N) is 3. The number of aryl methyl sites for hydroxylation is 3. The van der Waals surface area contributed by atoms with Crippen molar-refractivity contribution in [3.05, 3.63) is 71.0 Å². The predicted molar refractivity (Wildman–Crippen MR) is 129 cm³/mol. The van der Waals surface area contributed by atoms with Crippen LogP contribution in [0.25, 0.3) is 0 Å². The first-order valence-electron chi connectivity index (χ1n) is 11.4. The summed E-state index contributed by atoms with van der Waals surface area (Å²) >= 11 is 1.53. The Bertz CT molecular complexity index is 1090. The molecule has 6 heteroatoms. The molecule has 1 saturated heterocycles. The van der Waals surface area contributed by atoms with E-state index in [0.717, 1.165) is 66.8 Å². The van der Waals surface area contributed by atoms with Gasteiger partial charge in [-0.1, -0.05) is 48.2 Å². The van der Waals surface area contributed by atoms with Crippen LogP contribution in [0.15, 0.2) is 53.7 Å². The van der Waals surface area contributed by atoms with E-state index in [4.69, 9.17) is 9.72 Å². The molecular formula is C26H29N3O2S. The Kier molecular flexibility index (Phi) is 6.07. The molecule has 0 bridgehead atoms. The van der Waals surface area contributed by atoms with Gasteiger partial charge >= 0.3 is 0 Å². The van der Waals surface area contributed by atoms with Gasteiger partial charge in [-0.25, -0.2) is 4.98 Å². The highest BCUT2D eigenvalue weighted by molar-refractivity contribution is 7.99. The second-order valence-corrected chi connectivity index (χ2v) is 9.53. The molecule has 1 aromatic heterocycles. The lowest BCUT2D eigenvalue weighted by Crippen LogP contribution is -2.28. The number of para-hydroxylation sites is 2. The second-order valence-electron chi connectivity index (χ2n) is 8.59. The lowest BCUT2D eigenvalue weighted by Gasteiger charge is -2.25. The summed E-state index contributed by atoms with van der Waals surface area (Å²) in [5, 5.41) is 0.903. The number of rotatable bonds is 5. The molecule has 3 heterocycles. The molecule has 2 aliphatic rings. The first kappa shape index (κ1) is 21.3. The van der Waals surface area contributed by atoms with Crippen LogP contribution in [0.3, 0.4) is 0 Å². The van der Waals surface area contributed by atoms with Crippen molar-refractivity contribution in [3.63, 3.8) is 0 Å². The van der Waals surface area contributed by atoms with Crippen LogP contribution in [0.2, 0.25) is 0 Å². The van der Waals surface area contributed by atoms with Gasteiger partial charge in [0.2, 0.25) is 5.91 Å². The number of ether oxygens (including phenoxy) is 1. The van der Waals surface area contributed by atoms with Crippen LogP contribution in [-0.4, -0.2) is 33.9 Å². The SMILES string of the molecule is Cc1nc(SCC(=O)N2c3ccccc3CCc3ccccc32)n(CC2CCCO2)c1C. The fourth-order valence-electron chi connectivity index (χ4n) is 4.68. The molecule has 5 rings (SSSR count). The number of carbonyl (C=O) groups excluding carboxylic acids is 1. The summed E-state index contributed by atoms with van der Waals surface area (Å²) < 4.78 is 8.09. The number of fused-ring (bicyclic) bond motifs is 2. The molecular weight excluding hydrogens is 418 g/mol. The van der Waals surface area contributed by atoms with Crippen LogP contribution in [0.4, 0.5) is 11.4 Å². The van der Waals surface area contributed by atoms with Gasteiger partial charge in [-0.2, -0.15) is 0 Å². The van der Waals surface area contributed by atoms with Gasteiger partial charge in [-0.3, -0.25) is 9.69 Å². The minimum atomic E-state index is 0.0822. The van der Waals surface area contributed by atoms with E-state index in [0.29, 0.717) is 5.75 Å². The Morgan fingerprint density at radius 2 is 1.72 bits per heavy atom. The van der Waals surface area contributed by atoms with E-state index in [2.05, 4.69) is 47.9 Å². The Morgan fingerprint density at radius 1 is 1.06 bits per heavy atom. The number of carbonyl (C=O) groups is 1. The first-order chi connectivity index (χ1) is 15.6. The van der Waals surface area contributed by atoms with Crippen molar-refractivity contribution in [2.24, 2.45) is 0 Å². The van der Waals surface area contributed by atoms with Gasteiger partial charge in [0, 0.05) is 12.3 Å². The van der Waals surface area contributed by atoms with Crippen LogP contribution < -0.4 is 4.90 Å². The maximum atomic E-state index is 13.6. The Morgan fingerprint density at radius 3 is 2.34 bits per heavy atom. The molecule has 2 aromatic carbocycles. The van der Waals surface area contributed by atoms with E-state index >= 15 is 0 Å². The third-order valence-corrected chi connectivity index (χ3v) is 7.50. The van der Waals surface area contributed by atoms with Gasteiger partial charge in [0.15, 0.2) is 5.16 Å². The number of aromatic nitrogens is 2. The van der Waals surface area contributed by atoms with Crippen molar-refractivity contribution >= 4 is 29.0 Å². The summed E-state index contributed by atoms with van der Waals surface area (Å²) in [4.78, 5) is 20.3. The van der Waals surface area contributed by atoms with Crippen molar-refractivity contribution in [2.45, 2.75) is 57.3 Å². The van der Waals surface area contributed by atoms with Crippen molar-refractivity contribution in [3.8, 4) is 0 Å². The summed E-state index contributed by atoms with van der Waals surface area (Å²) in [5.74, 6) is 0.420. The summed E-state index contributed by atoms with van der Waals surface area (Å²) in [5.41, 5.74) is 6.60. The summed E-state index contributed by atoms with van der Waals surface area (Å²) in [6.45, 7) is 5.78. The molecule has 1 unspecified atom stereocenters. The van der Waals surface area contributed by atoms with Gasteiger partial charge in [0.05, 0.1) is 35.5 Å². The molecule has 0 aliphatic carbocycles. The Hall–Kier alpha value is -2.57. The molecule has 0 spiro atoms. The fourth-order valence-corrected chi connectivity index (χ4v) is 5.63. The number of hydrogen-bond donors (Lipinski definition) is 0. The monoisotopic (exact) mass is 447 g/mol. The number of anilines is 2. The highest BCUT2D eigenvalue weighted by Gasteiger charge is 2.27. The van der Waals surface area contributed by atoms with Crippen LogP contribution >= 0.6 is 11.8 Å². The molecule has 0 saturated carbocycles. The van der Waals surface area contributed by atoms with Gasteiger partial charge in [-0.05, 0) is 62.8 Å². The summed E-state index contributed by atoms with van der Waals surface area (Å²) in [6, 6.07) is 16.5. The van der Waals surface area contributed by atoms with Crippen molar-refractivity contribution in [1.82, 2.24) is 9.55 Å². The fraction of sp³-hybridized carbons (Fsp3) is 0.385. The quantitative estimate of drug-likeness (QED) is 0.502. The van der Waals surface area contributed by atoms with E-state index in [9.17, 15) is 4.79 Å². The van der Waals surface area contributed by atoms with E-state index < -0.39 is 0 Å². The summed E-state index contributed by atoms with van der Waals surface area (Å²) in [6.07, 6.45) is 4.32. The third kappa shape index (κ3) is 4.09. The summed E-state index contributed by atoms with van der Waals surface area (Å²) in [7, 11) is 0. The molecule has 0 radical (unpaired) electrons. The van der Waals surface area contributed by atoms with Gasteiger partial charge < -0.3 is 9.30 Å². The number of imidazole rings is 1. The largest absolute Gasteiger partial charge is 0.376 e. The zero-order chi connectivity index (χ0) is 22.1. The van der Waals surface area contributed by atoms with Crippen molar-refractivity contribution in [2.75, 3.05) is 17.3 Å². The Labute approximate surface area is 193 Å². The van der Waals surface area contributed by atoms with Gasteiger partial charge in [-0.15, -0.1) is 0 Å². The van der Waals surface area contributed by atoms with E-state index in [1.807, 2.05) is 24.0 Å². The maximum absolute atomic E-state index is 13.6. The zero-order valence-corrected chi connectivity index (χ0v) is 19.5. The smallest absolute Gasteiger partial charge is 0.242 e. The van der Waals surface area contributed by atoms with E-state index in [1.54, 1.807) is 0 Å². The predicted octanol–water partition coefficient (Wildman–Crippen LogP) is 5.23. The highest BCUT2D eigenvalue weighted by atomic mass is 32.2. The minimum absolute atomic E-state index is 0.0822. The highest BCUT2D eigenvalue weighted by Crippen LogP contribution is 2.37. The number of amides is 1. The Balaban J connectivity index is 1.41. The molecule has 1 atom stereocenters. The van der Waals surface area contributed by atoms with Gasteiger partial charge in [0.25, 0.3) is 0 Å². The van der Waals surface area contributed by atoms with E-state index in [1.165, 1.54) is 22.9 Å². The number of hydrogen-bond acceptors (Lipinski definition) is 4. The lowest BCUT2D eigenvalue weighted by molar-refractivity contribution is -0.115. The third-order valence-electron chi connectivity index (χ3n) is 6.54. The molecule has 0 N–H and O–H groups in total. The number of thioether (sulfide) groups is 1. The number of benzene rings is 2. The molecule has 5 nitrogen and oxygen atoms in total. The van der Waals surface area contributed by atoms with Gasteiger partial charge in [0.1, 0.15) is 0 Å². The second kappa shape index (κ2) is 9.12. The average Bonchev–Trinajstić information content (AvgIpc) is 3.37. The minimum Gasteiger partial charge on any atom is -0.376 e. The van der Waals surface area contributed by atoms with Crippen LogP contribution in [0.1, 0.15) is 35.4 Å².